The third kappa shape index (κ3) is 1.36. The molecule has 0 saturated heterocycles. The van der Waals surface area contributed by atoms with Gasteiger partial charge in [-0.05, 0) is 6.92 Å². The Hall–Kier alpha value is -1.80. The van der Waals surface area contributed by atoms with Crippen molar-refractivity contribution in [2.24, 2.45) is 0 Å². The summed E-state index contributed by atoms with van der Waals surface area (Å²) >= 11 is 0. The van der Waals surface area contributed by atoms with E-state index < -0.39 is 0 Å². The number of benzene rings is 1. The zero-order valence-electron chi connectivity index (χ0n) is 7.05. The molecular formula is C9H6N2. The minimum absolute atomic E-state index is 0.278. The lowest BCUT2D eigenvalue weighted by molar-refractivity contribution is 1.44. The number of hydrogen-bond donors (Lipinski definition) is 0. The summed E-state index contributed by atoms with van der Waals surface area (Å²) in [6.07, 6.45) is 0. The van der Waals surface area contributed by atoms with E-state index in [1.54, 1.807) is 13.0 Å². The molecule has 0 unspecified atom stereocenters. The Labute approximate surface area is 66.9 Å². The average Bonchev–Trinajstić information content (AvgIpc) is 2.09. The second-order valence-electron chi connectivity index (χ2n) is 2.14. The zero-order valence-corrected chi connectivity index (χ0v) is 6.05. The average molecular weight is 143 g/mol. The van der Waals surface area contributed by atoms with Crippen molar-refractivity contribution in [2.45, 2.75) is 6.92 Å². The lowest BCUT2D eigenvalue weighted by Gasteiger charge is -1.94. The van der Waals surface area contributed by atoms with E-state index in [4.69, 9.17) is 13.2 Å². The molecule has 0 fully saturated rings. The van der Waals surface area contributed by atoms with E-state index >= 15 is 0 Å². The molecule has 0 aliphatic carbocycles. The van der Waals surface area contributed by atoms with Crippen LogP contribution in [-0.2, 0) is 0 Å². The number of nitriles is 1. The fourth-order valence-corrected chi connectivity index (χ4v) is 0.766. The van der Waals surface area contributed by atoms with E-state index in [-0.39, 0.29) is 5.56 Å². The topological polar surface area (TPSA) is 28.1 Å². The largest absolute Gasteiger partial charge is 0.237 e. The Kier molecular flexibility index (Phi) is 1.54. The maximum atomic E-state index is 8.59. The summed E-state index contributed by atoms with van der Waals surface area (Å²) in [4.78, 5) is 3.19. The number of aryl methyl sites for hydroxylation is 1. The first-order chi connectivity index (χ1) is 5.69. The lowest BCUT2D eigenvalue weighted by Crippen LogP contribution is -1.75. The van der Waals surface area contributed by atoms with Crippen molar-refractivity contribution < 1.29 is 1.37 Å². The molecule has 0 aliphatic heterocycles. The molecule has 0 spiro atoms. The Balaban J connectivity index is 3.44. The van der Waals surface area contributed by atoms with Gasteiger partial charge in [0, 0.05) is 0 Å². The van der Waals surface area contributed by atoms with Gasteiger partial charge >= 0.3 is 0 Å². The molecule has 11 heavy (non-hydrogen) atoms. The van der Waals surface area contributed by atoms with Crippen LogP contribution in [0.4, 0.5) is 5.69 Å². The summed E-state index contributed by atoms with van der Waals surface area (Å²) in [5.74, 6) is 0. The fourth-order valence-electron chi connectivity index (χ4n) is 0.766. The van der Waals surface area contributed by atoms with Crippen LogP contribution in [0, 0.1) is 24.8 Å². The van der Waals surface area contributed by atoms with E-state index in [9.17, 15) is 0 Å². The first kappa shape index (κ1) is 5.95. The van der Waals surface area contributed by atoms with Gasteiger partial charge in [-0.15, -0.1) is 0 Å². The van der Waals surface area contributed by atoms with Gasteiger partial charge in [0.15, 0.2) is 0 Å². The van der Waals surface area contributed by atoms with Gasteiger partial charge in [-0.3, -0.25) is 0 Å². The van der Waals surface area contributed by atoms with E-state index in [0.29, 0.717) is 11.7 Å². The number of nitrogens with zero attached hydrogens (tertiary/aromatic N) is 2. The van der Waals surface area contributed by atoms with Crippen molar-refractivity contribution in [1.29, 1.82) is 5.26 Å². The molecule has 0 aliphatic rings. The van der Waals surface area contributed by atoms with E-state index in [0.717, 1.165) is 5.56 Å². The molecule has 0 saturated carbocycles. The summed E-state index contributed by atoms with van der Waals surface area (Å²) in [6, 6.07) is 5.17. The van der Waals surface area contributed by atoms with Gasteiger partial charge in [-0.2, -0.15) is 5.26 Å². The Bertz CT molecular complexity index is 357. The smallest absolute Gasteiger partial charge is 0.204 e. The van der Waals surface area contributed by atoms with Crippen molar-refractivity contribution >= 4 is 5.69 Å². The van der Waals surface area contributed by atoms with Crippen molar-refractivity contribution in [3.63, 3.8) is 0 Å². The van der Waals surface area contributed by atoms with Crippen molar-refractivity contribution in [1.82, 2.24) is 0 Å². The van der Waals surface area contributed by atoms with Crippen molar-refractivity contribution in [2.75, 3.05) is 0 Å². The number of rotatable bonds is 0. The van der Waals surface area contributed by atoms with E-state index in [2.05, 4.69) is 4.85 Å². The van der Waals surface area contributed by atoms with Crippen molar-refractivity contribution in [3.8, 4) is 6.07 Å². The lowest BCUT2D eigenvalue weighted by atomic mass is 10.1. The quantitative estimate of drug-likeness (QED) is 0.512. The first-order valence-electron chi connectivity index (χ1n) is 3.58. The third-order valence-electron chi connectivity index (χ3n) is 1.31. The van der Waals surface area contributed by atoms with Crippen LogP contribution in [0.5, 0.6) is 0 Å². The van der Waals surface area contributed by atoms with Gasteiger partial charge < -0.3 is 0 Å². The summed E-state index contributed by atoms with van der Waals surface area (Å²) in [5.41, 5.74) is 1.33. The molecular weight excluding hydrogens is 136 g/mol. The molecule has 1 aromatic rings. The molecule has 0 atom stereocenters. The van der Waals surface area contributed by atoms with Gasteiger partial charge in [-0.25, -0.2) is 4.85 Å². The standard InChI is InChI=1S/C9H6N2/c1-7-3-4-8(6-10)9(5-7)11-2/h3-5H,1H3/i3D. The molecule has 0 heterocycles. The summed E-state index contributed by atoms with van der Waals surface area (Å²) in [7, 11) is 0. The monoisotopic (exact) mass is 143 g/mol. The van der Waals surface area contributed by atoms with Gasteiger partial charge in [0.2, 0.25) is 5.69 Å². The second kappa shape index (κ2) is 2.86. The van der Waals surface area contributed by atoms with E-state index in [1.807, 2.05) is 6.07 Å². The molecule has 2 heteroatoms. The van der Waals surface area contributed by atoms with Crippen LogP contribution in [0.1, 0.15) is 12.5 Å². The van der Waals surface area contributed by atoms with E-state index in [1.165, 1.54) is 6.07 Å². The highest BCUT2D eigenvalue weighted by molar-refractivity contribution is 5.59. The van der Waals surface area contributed by atoms with Crippen LogP contribution in [0.3, 0.4) is 0 Å². The normalized spacial score (nSPS) is 9.55. The SMILES string of the molecule is [2H]c1cc(C#N)c([N+]#[C-])cc1C. The van der Waals surface area contributed by atoms with Gasteiger partial charge in [0.05, 0.1) is 19.6 Å². The highest BCUT2D eigenvalue weighted by atomic mass is 14.6. The Morgan fingerprint density at radius 1 is 1.82 bits per heavy atom. The molecule has 1 aromatic carbocycles. The van der Waals surface area contributed by atoms with Crippen LogP contribution < -0.4 is 0 Å². The molecule has 0 amide bonds. The fraction of sp³-hybridized carbons (Fsp3) is 0.111. The summed E-state index contributed by atoms with van der Waals surface area (Å²) < 4.78 is 7.38. The minimum Gasteiger partial charge on any atom is -0.237 e. The predicted octanol–water partition coefficient (Wildman–Crippen LogP) is 2.42. The van der Waals surface area contributed by atoms with Crippen LogP contribution in [-0.4, -0.2) is 0 Å². The third-order valence-corrected chi connectivity index (χ3v) is 1.31. The van der Waals surface area contributed by atoms with Crippen molar-refractivity contribution in [3.05, 3.63) is 40.7 Å². The zero-order chi connectivity index (χ0) is 9.14. The maximum Gasteiger partial charge on any atom is 0.204 e. The molecule has 0 aromatic heterocycles. The Morgan fingerprint density at radius 3 is 3.09 bits per heavy atom. The highest BCUT2D eigenvalue weighted by Gasteiger charge is 1.99. The Morgan fingerprint density at radius 2 is 2.55 bits per heavy atom. The molecule has 2 nitrogen and oxygen atoms in total. The molecule has 0 bridgehead atoms. The predicted molar refractivity (Wildman–Crippen MR) is 42.2 cm³/mol. The summed E-state index contributed by atoms with van der Waals surface area (Å²) in [6.45, 7) is 8.52. The van der Waals surface area contributed by atoms with Crippen LogP contribution in [0.15, 0.2) is 18.2 Å². The second-order valence-corrected chi connectivity index (χ2v) is 2.14. The van der Waals surface area contributed by atoms with Crippen LogP contribution in [0.2, 0.25) is 0 Å². The van der Waals surface area contributed by atoms with Gasteiger partial charge in [-0.1, -0.05) is 23.7 Å². The molecule has 0 N–H and O–H groups in total. The minimum atomic E-state index is 0.278. The number of hydrogen-bond acceptors (Lipinski definition) is 1. The van der Waals surface area contributed by atoms with Crippen LogP contribution >= 0.6 is 0 Å². The highest BCUT2D eigenvalue weighted by Crippen LogP contribution is 2.19. The van der Waals surface area contributed by atoms with Gasteiger partial charge in [0.1, 0.15) is 0 Å². The maximum absolute atomic E-state index is 8.59. The molecule has 52 valence electrons. The van der Waals surface area contributed by atoms with Gasteiger partial charge in [0.25, 0.3) is 0 Å². The first-order valence-corrected chi connectivity index (χ1v) is 3.08. The van der Waals surface area contributed by atoms with Crippen LogP contribution in [0.25, 0.3) is 4.85 Å². The molecule has 1 rings (SSSR count). The summed E-state index contributed by atoms with van der Waals surface area (Å²) in [5, 5.41) is 8.59. The molecule has 0 radical (unpaired) electrons.